The lowest BCUT2D eigenvalue weighted by Gasteiger charge is -2.21. The van der Waals surface area contributed by atoms with Crippen LogP contribution in [0.3, 0.4) is 0 Å². The first kappa shape index (κ1) is 16.6. The second-order valence-corrected chi connectivity index (χ2v) is 6.83. The van der Waals surface area contributed by atoms with Crippen molar-refractivity contribution in [2.24, 2.45) is 17.6 Å². The van der Waals surface area contributed by atoms with Gasteiger partial charge >= 0.3 is 0 Å². The van der Waals surface area contributed by atoms with E-state index < -0.39 is 0 Å². The van der Waals surface area contributed by atoms with Crippen LogP contribution in [0.1, 0.15) is 18.4 Å². The van der Waals surface area contributed by atoms with Gasteiger partial charge in [0.15, 0.2) is 0 Å². The summed E-state index contributed by atoms with van der Waals surface area (Å²) in [6.07, 6.45) is 2.51. The molecule has 3 nitrogen and oxygen atoms in total. The van der Waals surface area contributed by atoms with E-state index in [9.17, 15) is 0 Å². The highest BCUT2D eigenvalue weighted by Crippen LogP contribution is 2.39. The molecule has 3 atom stereocenters. The van der Waals surface area contributed by atoms with Crippen LogP contribution in [0.2, 0.25) is 0 Å². The van der Waals surface area contributed by atoms with Crippen LogP contribution < -0.4 is 10.5 Å². The Hall–Kier alpha value is -1.29. The van der Waals surface area contributed by atoms with Crippen molar-refractivity contribution in [3.8, 4) is 5.75 Å². The SMILES string of the molecule is COc1ccc2ccccc2c1CN1CC2CCC(N)C2C1.Cl. The largest absolute Gasteiger partial charge is 0.496 e. The number of likely N-dealkylation sites (tertiary alicyclic amines) is 1. The van der Waals surface area contributed by atoms with Gasteiger partial charge < -0.3 is 10.5 Å². The Labute approximate surface area is 144 Å². The van der Waals surface area contributed by atoms with Crippen LogP contribution >= 0.6 is 12.4 Å². The highest BCUT2D eigenvalue weighted by molar-refractivity contribution is 5.87. The van der Waals surface area contributed by atoms with Gasteiger partial charge in [0.25, 0.3) is 0 Å². The summed E-state index contributed by atoms with van der Waals surface area (Å²) in [6, 6.07) is 13.2. The molecule has 0 aromatic heterocycles. The van der Waals surface area contributed by atoms with Gasteiger partial charge in [-0.3, -0.25) is 4.90 Å². The fourth-order valence-electron chi connectivity index (χ4n) is 4.42. The van der Waals surface area contributed by atoms with Crippen molar-refractivity contribution in [2.75, 3.05) is 20.2 Å². The number of nitrogens with two attached hydrogens (primary N) is 1. The molecule has 1 aliphatic heterocycles. The third kappa shape index (κ3) is 2.93. The lowest BCUT2D eigenvalue weighted by molar-refractivity contribution is 0.293. The molecule has 0 bridgehead atoms. The van der Waals surface area contributed by atoms with E-state index in [0.717, 1.165) is 24.8 Å². The summed E-state index contributed by atoms with van der Waals surface area (Å²) in [6.45, 7) is 3.28. The quantitative estimate of drug-likeness (QED) is 0.935. The van der Waals surface area contributed by atoms with Crippen molar-refractivity contribution in [1.29, 1.82) is 0 Å². The lowest BCUT2D eigenvalue weighted by Crippen LogP contribution is -2.30. The average Bonchev–Trinajstić information content (AvgIpc) is 3.10. The summed E-state index contributed by atoms with van der Waals surface area (Å²) in [7, 11) is 1.77. The second-order valence-electron chi connectivity index (χ2n) is 6.83. The number of ether oxygens (including phenoxy) is 1. The molecular weight excluding hydrogens is 308 g/mol. The molecular formula is C19H25ClN2O. The minimum atomic E-state index is 0. The van der Waals surface area contributed by atoms with Crippen molar-refractivity contribution >= 4 is 23.2 Å². The van der Waals surface area contributed by atoms with Crippen molar-refractivity contribution in [1.82, 2.24) is 4.90 Å². The standard InChI is InChI=1S/C19H24N2O.ClH/c1-22-19-9-7-13-4-2-3-5-15(13)17(19)12-21-10-14-6-8-18(20)16(14)11-21;/h2-5,7,9,14,16,18H,6,8,10-12,20H2,1H3;1H. The molecule has 1 heterocycles. The molecule has 1 saturated heterocycles. The summed E-state index contributed by atoms with van der Waals surface area (Å²) < 4.78 is 5.63. The number of halogens is 1. The average molecular weight is 333 g/mol. The third-order valence-corrected chi connectivity index (χ3v) is 5.59. The summed E-state index contributed by atoms with van der Waals surface area (Å²) in [5, 5.41) is 2.60. The first-order chi connectivity index (χ1) is 10.8. The zero-order valence-corrected chi connectivity index (χ0v) is 14.4. The molecule has 2 aromatic rings. The Morgan fingerprint density at radius 1 is 1.13 bits per heavy atom. The van der Waals surface area contributed by atoms with E-state index in [1.54, 1.807) is 7.11 Å². The van der Waals surface area contributed by atoms with Crippen molar-refractivity contribution in [2.45, 2.75) is 25.4 Å². The molecule has 4 rings (SSSR count). The fourth-order valence-corrected chi connectivity index (χ4v) is 4.42. The number of benzene rings is 2. The smallest absolute Gasteiger partial charge is 0.123 e. The summed E-state index contributed by atoms with van der Waals surface area (Å²) in [4.78, 5) is 2.57. The highest BCUT2D eigenvalue weighted by atomic mass is 35.5. The van der Waals surface area contributed by atoms with E-state index in [-0.39, 0.29) is 12.4 Å². The summed E-state index contributed by atoms with van der Waals surface area (Å²) in [5.74, 6) is 2.50. The van der Waals surface area contributed by atoms with E-state index in [0.29, 0.717) is 12.0 Å². The highest BCUT2D eigenvalue weighted by Gasteiger charge is 2.40. The number of hydrogen-bond donors (Lipinski definition) is 1. The first-order valence-electron chi connectivity index (χ1n) is 8.29. The predicted molar refractivity (Wildman–Crippen MR) is 97.2 cm³/mol. The van der Waals surface area contributed by atoms with Gasteiger partial charge in [-0.15, -0.1) is 12.4 Å². The molecule has 124 valence electrons. The summed E-state index contributed by atoms with van der Waals surface area (Å²) in [5.41, 5.74) is 7.58. The molecule has 23 heavy (non-hydrogen) atoms. The van der Waals surface area contributed by atoms with Crippen molar-refractivity contribution in [3.63, 3.8) is 0 Å². The third-order valence-electron chi connectivity index (χ3n) is 5.59. The molecule has 1 saturated carbocycles. The van der Waals surface area contributed by atoms with Gasteiger partial charge in [-0.05, 0) is 41.5 Å². The fraction of sp³-hybridized carbons (Fsp3) is 0.474. The molecule has 2 aromatic carbocycles. The molecule has 2 aliphatic rings. The van der Waals surface area contributed by atoms with Gasteiger partial charge in [-0.1, -0.05) is 30.3 Å². The van der Waals surface area contributed by atoms with E-state index in [1.807, 2.05) is 0 Å². The minimum Gasteiger partial charge on any atom is -0.496 e. The van der Waals surface area contributed by atoms with Crippen molar-refractivity contribution < 1.29 is 4.74 Å². The lowest BCUT2D eigenvalue weighted by atomic mass is 9.98. The van der Waals surface area contributed by atoms with E-state index in [2.05, 4.69) is 41.3 Å². The maximum Gasteiger partial charge on any atom is 0.123 e. The van der Waals surface area contributed by atoms with Crippen LogP contribution in [0.5, 0.6) is 5.75 Å². The van der Waals surface area contributed by atoms with Crippen LogP contribution in [0.25, 0.3) is 10.8 Å². The Balaban J connectivity index is 0.00000156. The van der Waals surface area contributed by atoms with Gasteiger partial charge in [-0.25, -0.2) is 0 Å². The van der Waals surface area contributed by atoms with Crippen LogP contribution in [0.4, 0.5) is 0 Å². The minimum absolute atomic E-state index is 0. The Kier molecular flexibility index (Phi) is 4.81. The molecule has 0 radical (unpaired) electrons. The van der Waals surface area contributed by atoms with E-state index in [1.165, 1.54) is 35.7 Å². The number of methoxy groups -OCH3 is 1. The van der Waals surface area contributed by atoms with Crippen LogP contribution in [-0.2, 0) is 6.54 Å². The van der Waals surface area contributed by atoms with Gasteiger partial charge in [-0.2, -0.15) is 0 Å². The Bertz CT molecular complexity index is 690. The van der Waals surface area contributed by atoms with Crippen LogP contribution in [-0.4, -0.2) is 31.1 Å². The zero-order valence-electron chi connectivity index (χ0n) is 13.6. The van der Waals surface area contributed by atoms with Gasteiger partial charge in [0, 0.05) is 31.2 Å². The molecule has 2 N–H and O–H groups in total. The summed E-state index contributed by atoms with van der Waals surface area (Å²) >= 11 is 0. The number of rotatable bonds is 3. The molecule has 0 amide bonds. The predicted octanol–water partition coefficient (Wildman–Crippen LogP) is 3.44. The molecule has 0 spiro atoms. The van der Waals surface area contributed by atoms with Gasteiger partial charge in [0.05, 0.1) is 7.11 Å². The Morgan fingerprint density at radius 2 is 1.96 bits per heavy atom. The second kappa shape index (κ2) is 6.68. The number of fused-ring (bicyclic) bond motifs is 2. The van der Waals surface area contributed by atoms with E-state index in [4.69, 9.17) is 10.5 Å². The van der Waals surface area contributed by atoms with Gasteiger partial charge in [0.1, 0.15) is 5.75 Å². The van der Waals surface area contributed by atoms with Gasteiger partial charge in [0.2, 0.25) is 0 Å². The van der Waals surface area contributed by atoms with E-state index >= 15 is 0 Å². The molecule has 4 heteroatoms. The Morgan fingerprint density at radius 3 is 2.74 bits per heavy atom. The monoisotopic (exact) mass is 332 g/mol. The maximum atomic E-state index is 6.27. The zero-order chi connectivity index (χ0) is 15.1. The first-order valence-corrected chi connectivity index (χ1v) is 8.29. The van der Waals surface area contributed by atoms with Crippen LogP contribution in [0, 0.1) is 11.8 Å². The molecule has 2 fully saturated rings. The number of hydrogen-bond acceptors (Lipinski definition) is 3. The maximum absolute atomic E-state index is 6.27. The molecule has 3 unspecified atom stereocenters. The van der Waals surface area contributed by atoms with Crippen molar-refractivity contribution in [3.05, 3.63) is 42.0 Å². The number of nitrogens with zero attached hydrogens (tertiary/aromatic N) is 1. The normalized spacial score (nSPS) is 27.0. The topological polar surface area (TPSA) is 38.5 Å². The molecule has 1 aliphatic carbocycles. The van der Waals surface area contributed by atoms with Crippen LogP contribution in [0.15, 0.2) is 36.4 Å².